The molecule has 0 heterocycles. The molecule has 0 aliphatic heterocycles. The van der Waals surface area contributed by atoms with Gasteiger partial charge in [-0.2, -0.15) is 0 Å². The smallest absolute Gasteiger partial charge is 0.0456 e. The Bertz CT molecular complexity index is 454. The van der Waals surface area contributed by atoms with Gasteiger partial charge in [0.2, 0.25) is 0 Å². The van der Waals surface area contributed by atoms with Crippen LogP contribution in [0, 0.1) is 5.41 Å². The highest BCUT2D eigenvalue weighted by Crippen LogP contribution is 2.42. The van der Waals surface area contributed by atoms with E-state index < -0.39 is 0 Å². The monoisotopic (exact) mass is 299 g/mol. The first-order valence-electron chi connectivity index (χ1n) is 7.14. The Morgan fingerprint density at radius 1 is 1.32 bits per heavy atom. The lowest BCUT2D eigenvalue weighted by Gasteiger charge is -2.28. The Morgan fingerprint density at radius 3 is 2.74 bits per heavy atom. The van der Waals surface area contributed by atoms with Crippen LogP contribution in [0.15, 0.2) is 12.1 Å². The zero-order valence-corrected chi connectivity index (χ0v) is 13.5. The van der Waals surface area contributed by atoms with E-state index >= 15 is 0 Å². The first-order valence-corrected chi connectivity index (χ1v) is 7.90. The van der Waals surface area contributed by atoms with Gasteiger partial charge in [-0.05, 0) is 60.9 Å². The van der Waals surface area contributed by atoms with Gasteiger partial charge in [-0.3, -0.25) is 0 Å². The normalized spacial score (nSPS) is 21.8. The van der Waals surface area contributed by atoms with Crippen molar-refractivity contribution < 1.29 is 0 Å². The van der Waals surface area contributed by atoms with E-state index in [0.717, 1.165) is 35.9 Å². The highest BCUT2D eigenvalue weighted by atomic mass is 35.5. The van der Waals surface area contributed by atoms with E-state index in [4.69, 9.17) is 23.2 Å². The summed E-state index contributed by atoms with van der Waals surface area (Å²) in [5, 5.41) is 5.23. The SMILES string of the molecule is CCCNC1CC(C)(C)CCc2c(Cl)cc(Cl)cc21. The summed E-state index contributed by atoms with van der Waals surface area (Å²) in [6, 6.07) is 4.33. The summed E-state index contributed by atoms with van der Waals surface area (Å²) < 4.78 is 0. The van der Waals surface area contributed by atoms with Crippen LogP contribution in [0.3, 0.4) is 0 Å². The van der Waals surface area contributed by atoms with Gasteiger partial charge in [-0.15, -0.1) is 0 Å². The van der Waals surface area contributed by atoms with Crippen molar-refractivity contribution in [3.8, 4) is 0 Å². The summed E-state index contributed by atoms with van der Waals surface area (Å²) in [5.41, 5.74) is 2.92. The molecule has 1 aromatic carbocycles. The Balaban J connectivity index is 2.40. The van der Waals surface area contributed by atoms with Crippen LogP contribution in [0.5, 0.6) is 0 Å². The van der Waals surface area contributed by atoms with Crippen LogP contribution in [0.2, 0.25) is 10.0 Å². The summed E-state index contributed by atoms with van der Waals surface area (Å²) in [7, 11) is 0. The molecule has 1 aliphatic rings. The molecule has 0 bridgehead atoms. The topological polar surface area (TPSA) is 12.0 Å². The predicted octanol–water partition coefficient (Wildman–Crippen LogP) is 5.40. The lowest BCUT2D eigenvalue weighted by molar-refractivity contribution is 0.273. The molecule has 0 aromatic heterocycles. The van der Waals surface area contributed by atoms with E-state index in [2.05, 4.69) is 32.2 Å². The maximum atomic E-state index is 6.40. The molecular weight excluding hydrogens is 277 g/mol. The van der Waals surface area contributed by atoms with Crippen molar-refractivity contribution in [3.63, 3.8) is 0 Å². The molecule has 106 valence electrons. The van der Waals surface area contributed by atoms with Crippen LogP contribution >= 0.6 is 23.2 Å². The van der Waals surface area contributed by atoms with Gasteiger partial charge in [0.25, 0.3) is 0 Å². The molecule has 1 atom stereocenters. The van der Waals surface area contributed by atoms with Gasteiger partial charge in [0.15, 0.2) is 0 Å². The van der Waals surface area contributed by atoms with Crippen molar-refractivity contribution in [1.82, 2.24) is 5.32 Å². The predicted molar refractivity (Wildman–Crippen MR) is 84.2 cm³/mol. The number of hydrogen-bond donors (Lipinski definition) is 1. The number of halogens is 2. The van der Waals surface area contributed by atoms with Crippen LogP contribution in [0.1, 0.15) is 57.2 Å². The molecule has 0 fully saturated rings. The fourth-order valence-electron chi connectivity index (χ4n) is 2.93. The summed E-state index contributed by atoms with van der Waals surface area (Å²) >= 11 is 12.6. The fraction of sp³-hybridized carbons (Fsp3) is 0.625. The van der Waals surface area contributed by atoms with Gasteiger partial charge < -0.3 is 5.32 Å². The van der Waals surface area contributed by atoms with Gasteiger partial charge in [0, 0.05) is 16.1 Å². The van der Waals surface area contributed by atoms with Gasteiger partial charge in [-0.25, -0.2) is 0 Å². The van der Waals surface area contributed by atoms with Crippen molar-refractivity contribution in [2.45, 2.75) is 52.5 Å². The van der Waals surface area contributed by atoms with Crippen LogP contribution in [0.25, 0.3) is 0 Å². The molecule has 0 spiro atoms. The molecule has 0 saturated heterocycles. The average Bonchev–Trinajstić information content (AvgIpc) is 2.44. The van der Waals surface area contributed by atoms with Crippen molar-refractivity contribution in [1.29, 1.82) is 0 Å². The van der Waals surface area contributed by atoms with Gasteiger partial charge in [0.05, 0.1) is 0 Å². The van der Waals surface area contributed by atoms with E-state index in [-0.39, 0.29) is 0 Å². The van der Waals surface area contributed by atoms with E-state index in [1.807, 2.05) is 6.07 Å². The molecule has 0 radical (unpaired) electrons. The molecule has 0 saturated carbocycles. The quantitative estimate of drug-likeness (QED) is 0.737. The molecule has 1 aromatic rings. The number of benzene rings is 1. The highest BCUT2D eigenvalue weighted by Gasteiger charge is 2.30. The zero-order chi connectivity index (χ0) is 14.0. The van der Waals surface area contributed by atoms with Gasteiger partial charge >= 0.3 is 0 Å². The van der Waals surface area contributed by atoms with Crippen LogP contribution < -0.4 is 5.32 Å². The van der Waals surface area contributed by atoms with Crippen LogP contribution in [-0.2, 0) is 6.42 Å². The third kappa shape index (κ3) is 3.65. The maximum Gasteiger partial charge on any atom is 0.0456 e. The molecule has 1 unspecified atom stereocenters. The van der Waals surface area contributed by atoms with Crippen molar-refractivity contribution in [2.24, 2.45) is 5.41 Å². The fourth-order valence-corrected chi connectivity index (χ4v) is 3.53. The summed E-state index contributed by atoms with van der Waals surface area (Å²) in [6.45, 7) is 7.91. The Labute approximate surface area is 126 Å². The second-order valence-electron chi connectivity index (χ2n) is 6.33. The number of hydrogen-bond acceptors (Lipinski definition) is 1. The largest absolute Gasteiger partial charge is 0.310 e. The lowest BCUT2D eigenvalue weighted by Crippen LogP contribution is -2.26. The van der Waals surface area contributed by atoms with Crippen LogP contribution in [-0.4, -0.2) is 6.54 Å². The van der Waals surface area contributed by atoms with Gasteiger partial charge in [0.1, 0.15) is 0 Å². The molecule has 1 aliphatic carbocycles. The van der Waals surface area contributed by atoms with Crippen LogP contribution in [0.4, 0.5) is 0 Å². The van der Waals surface area contributed by atoms with Crippen molar-refractivity contribution in [3.05, 3.63) is 33.3 Å². The van der Waals surface area contributed by atoms with Crippen molar-refractivity contribution in [2.75, 3.05) is 6.54 Å². The third-order valence-electron chi connectivity index (χ3n) is 4.02. The molecular formula is C16H23Cl2N. The first-order chi connectivity index (χ1) is 8.93. The minimum Gasteiger partial charge on any atom is -0.310 e. The van der Waals surface area contributed by atoms with E-state index in [9.17, 15) is 0 Å². The zero-order valence-electron chi connectivity index (χ0n) is 12.0. The lowest BCUT2D eigenvalue weighted by atomic mass is 9.83. The van der Waals surface area contributed by atoms with E-state index in [1.54, 1.807) is 0 Å². The highest BCUT2D eigenvalue weighted by molar-refractivity contribution is 6.35. The Hall–Kier alpha value is -0.240. The molecule has 1 N–H and O–H groups in total. The number of rotatable bonds is 3. The molecule has 3 heteroatoms. The molecule has 0 amide bonds. The number of nitrogens with one attached hydrogen (secondary N) is 1. The summed E-state index contributed by atoms with van der Waals surface area (Å²) in [4.78, 5) is 0. The van der Waals surface area contributed by atoms with Gasteiger partial charge in [-0.1, -0.05) is 44.0 Å². The van der Waals surface area contributed by atoms with Crippen molar-refractivity contribution >= 4 is 23.2 Å². The minimum atomic E-state index is 0.334. The first kappa shape index (κ1) is 15.2. The Kier molecular flexibility index (Phi) is 4.81. The summed E-state index contributed by atoms with van der Waals surface area (Å²) in [5.74, 6) is 0. The second kappa shape index (κ2) is 6.03. The molecule has 1 nitrogen and oxygen atoms in total. The molecule has 2 rings (SSSR count). The van der Waals surface area contributed by atoms with E-state index in [0.29, 0.717) is 11.5 Å². The average molecular weight is 300 g/mol. The summed E-state index contributed by atoms with van der Waals surface area (Å²) in [6.07, 6.45) is 4.49. The minimum absolute atomic E-state index is 0.334. The number of fused-ring (bicyclic) bond motifs is 1. The Morgan fingerprint density at radius 2 is 2.05 bits per heavy atom. The standard InChI is InChI=1S/C16H23Cl2N/c1-4-7-19-15-10-16(2,3)6-5-12-13(15)8-11(17)9-14(12)18/h8-9,15,19H,4-7,10H2,1-3H3. The second-order valence-corrected chi connectivity index (χ2v) is 7.17. The van der Waals surface area contributed by atoms with E-state index in [1.165, 1.54) is 17.5 Å². The molecule has 19 heavy (non-hydrogen) atoms. The third-order valence-corrected chi connectivity index (χ3v) is 4.57. The maximum absolute atomic E-state index is 6.40.